The molecule has 0 amide bonds. The first-order valence-corrected chi connectivity index (χ1v) is 6.91. The van der Waals surface area contributed by atoms with Crippen LogP contribution in [0.4, 0.5) is 8.78 Å². The molecule has 0 bridgehead atoms. The van der Waals surface area contributed by atoms with Crippen LogP contribution in [-0.2, 0) is 10.3 Å². The fraction of sp³-hybridized carbons (Fsp3) is 0.462. The number of fused-ring (bicyclic) bond motifs is 1. The lowest BCUT2D eigenvalue weighted by molar-refractivity contribution is -0.0524. The molecule has 1 fully saturated rings. The van der Waals surface area contributed by atoms with Crippen LogP contribution in [0.1, 0.15) is 5.56 Å². The Balaban J connectivity index is 2.12. The summed E-state index contributed by atoms with van der Waals surface area (Å²) in [7, 11) is 0. The predicted molar refractivity (Wildman–Crippen MR) is 68.2 cm³/mol. The standard InChI is InChI=1S/C13H13F2NOS/c14-11-4-2-1-3-9(11)13-7-17-5-12(15)10(13)6-18-8-16-13/h1-4,8,10,12H,5-7H2/t10-,12-,13-/m1/s1. The molecule has 0 unspecified atom stereocenters. The smallest absolute Gasteiger partial charge is 0.130 e. The maximum Gasteiger partial charge on any atom is 0.130 e. The van der Waals surface area contributed by atoms with E-state index in [-0.39, 0.29) is 24.9 Å². The number of hydrogen-bond acceptors (Lipinski definition) is 3. The predicted octanol–water partition coefficient (Wildman–Crippen LogP) is 2.78. The Kier molecular flexibility index (Phi) is 3.11. The zero-order chi connectivity index (χ0) is 12.6. The van der Waals surface area contributed by atoms with Crippen LogP contribution in [-0.4, -0.2) is 30.7 Å². The largest absolute Gasteiger partial charge is 0.376 e. The Hall–Kier alpha value is -0.940. The molecule has 2 heterocycles. The number of ether oxygens (including phenoxy) is 1. The van der Waals surface area contributed by atoms with Gasteiger partial charge in [-0.3, -0.25) is 4.99 Å². The van der Waals surface area contributed by atoms with Crippen LogP contribution in [0.25, 0.3) is 0 Å². The summed E-state index contributed by atoms with van der Waals surface area (Å²) >= 11 is 1.47. The van der Waals surface area contributed by atoms with Crippen LogP contribution in [0.3, 0.4) is 0 Å². The maximum atomic E-state index is 14.0. The lowest BCUT2D eigenvalue weighted by atomic mass is 9.76. The quantitative estimate of drug-likeness (QED) is 0.782. The lowest BCUT2D eigenvalue weighted by Crippen LogP contribution is -2.51. The van der Waals surface area contributed by atoms with Gasteiger partial charge in [-0.1, -0.05) is 18.2 Å². The minimum atomic E-state index is -1.09. The van der Waals surface area contributed by atoms with E-state index < -0.39 is 11.7 Å². The summed E-state index contributed by atoms with van der Waals surface area (Å²) in [6, 6.07) is 6.45. The molecule has 2 aliphatic rings. The van der Waals surface area contributed by atoms with E-state index >= 15 is 0 Å². The van der Waals surface area contributed by atoms with Crippen molar-refractivity contribution in [3.05, 3.63) is 35.6 Å². The third-order valence-electron chi connectivity index (χ3n) is 3.62. The Labute approximate surface area is 108 Å². The fourth-order valence-corrected chi connectivity index (χ4v) is 3.70. The van der Waals surface area contributed by atoms with Gasteiger partial charge >= 0.3 is 0 Å². The molecule has 2 aliphatic heterocycles. The summed E-state index contributed by atoms with van der Waals surface area (Å²) in [5.41, 5.74) is 1.23. The average Bonchev–Trinajstić information content (AvgIpc) is 2.39. The Morgan fingerprint density at radius 1 is 1.39 bits per heavy atom. The van der Waals surface area contributed by atoms with Crippen LogP contribution in [0.15, 0.2) is 29.3 Å². The van der Waals surface area contributed by atoms with Crippen molar-refractivity contribution in [3.63, 3.8) is 0 Å². The Morgan fingerprint density at radius 3 is 3.06 bits per heavy atom. The fourth-order valence-electron chi connectivity index (χ4n) is 2.66. The number of halogens is 2. The highest BCUT2D eigenvalue weighted by Gasteiger charge is 2.50. The summed E-state index contributed by atoms with van der Waals surface area (Å²) in [4.78, 5) is 4.40. The molecule has 0 spiro atoms. The Bertz CT molecular complexity index is 482. The number of hydrogen-bond donors (Lipinski definition) is 0. The number of benzene rings is 1. The van der Waals surface area contributed by atoms with Gasteiger partial charge in [0.05, 0.1) is 18.8 Å². The highest BCUT2D eigenvalue weighted by atomic mass is 32.2. The normalized spacial score (nSPS) is 35.2. The Morgan fingerprint density at radius 2 is 2.22 bits per heavy atom. The summed E-state index contributed by atoms with van der Waals surface area (Å²) in [6.45, 7) is 0.326. The second-order valence-electron chi connectivity index (χ2n) is 4.61. The van der Waals surface area contributed by atoms with Gasteiger partial charge < -0.3 is 4.74 Å². The van der Waals surface area contributed by atoms with Gasteiger partial charge in [0.25, 0.3) is 0 Å². The minimum Gasteiger partial charge on any atom is -0.376 e. The van der Waals surface area contributed by atoms with E-state index in [9.17, 15) is 8.78 Å². The van der Waals surface area contributed by atoms with Gasteiger partial charge in [0, 0.05) is 17.2 Å². The second-order valence-corrected chi connectivity index (χ2v) is 5.49. The molecule has 5 heteroatoms. The molecule has 96 valence electrons. The molecule has 1 saturated heterocycles. The molecular weight excluding hydrogens is 256 g/mol. The van der Waals surface area contributed by atoms with Crippen LogP contribution >= 0.6 is 11.8 Å². The molecule has 2 nitrogen and oxygen atoms in total. The first-order valence-electron chi connectivity index (χ1n) is 5.86. The van der Waals surface area contributed by atoms with E-state index in [2.05, 4.69) is 4.99 Å². The van der Waals surface area contributed by atoms with Crippen molar-refractivity contribution in [2.75, 3.05) is 19.0 Å². The summed E-state index contributed by atoms with van der Waals surface area (Å²) < 4.78 is 33.4. The van der Waals surface area contributed by atoms with E-state index in [0.717, 1.165) is 0 Å². The van der Waals surface area contributed by atoms with Gasteiger partial charge in [-0.2, -0.15) is 0 Å². The first-order chi connectivity index (χ1) is 8.74. The minimum absolute atomic E-state index is 0.0803. The van der Waals surface area contributed by atoms with Gasteiger partial charge in [-0.25, -0.2) is 8.78 Å². The number of aliphatic imine (C=N–C) groups is 1. The molecule has 0 saturated carbocycles. The molecule has 1 aromatic carbocycles. The van der Waals surface area contributed by atoms with E-state index in [4.69, 9.17) is 4.74 Å². The molecule has 0 aromatic heterocycles. The van der Waals surface area contributed by atoms with Crippen LogP contribution in [0.5, 0.6) is 0 Å². The van der Waals surface area contributed by atoms with Gasteiger partial charge in [-0.15, -0.1) is 11.8 Å². The topological polar surface area (TPSA) is 21.6 Å². The third kappa shape index (κ3) is 1.77. The van der Waals surface area contributed by atoms with Crippen LogP contribution in [0, 0.1) is 11.7 Å². The molecule has 0 N–H and O–H groups in total. The molecule has 3 atom stereocenters. The molecular formula is C13H13F2NOS. The average molecular weight is 269 g/mol. The van der Waals surface area contributed by atoms with E-state index in [1.165, 1.54) is 17.8 Å². The van der Waals surface area contributed by atoms with E-state index in [1.807, 2.05) is 0 Å². The number of alkyl halides is 1. The van der Waals surface area contributed by atoms with Crippen molar-refractivity contribution in [3.8, 4) is 0 Å². The van der Waals surface area contributed by atoms with Gasteiger partial charge in [0.2, 0.25) is 0 Å². The summed E-state index contributed by atoms with van der Waals surface area (Å²) in [5.74, 6) is -0.0510. The van der Waals surface area contributed by atoms with Crippen molar-refractivity contribution in [1.82, 2.24) is 0 Å². The molecule has 1 aromatic rings. The molecule has 0 radical (unpaired) electrons. The van der Waals surface area contributed by atoms with E-state index in [0.29, 0.717) is 11.3 Å². The van der Waals surface area contributed by atoms with Crippen molar-refractivity contribution >= 4 is 17.3 Å². The first kappa shape index (κ1) is 12.1. The zero-order valence-corrected chi connectivity index (χ0v) is 10.5. The van der Waals surface area contributed by atoms with Crippen LogP contribution < -0.4 is 0 Å². The number of thioether (sulfide) groups is 1. The third-order valence-corrected chi connectivity index (χ3v) is 4.43. The lowest BCUT2D eigenvalue weighted by Gasteiger charge is -2.44. The van der Waals surface area contributed by atoms with Crippen molar-refractivity contribution in [2.24, 2.45) is 10.9 Å². The molecule has 3 rings (SSSR count). The van der Waals surface area contributed by atoms with Crippen molar-refractivity contribution in [2.45, 2.75) is 11.7 Å². The second kappa shape index (κ2) is 4.63. The summed E-state index contributed by atoms with van der Waals surface area (Å²) in [6.07, 6.45) is -1.09. The van der Waals surface area contributed by atoms with E-state index in [1.54, 1.807) is 23.7 Å². The highest BCUT2D eigenvalue weighted by Crippen LogP contribution is 2.45. The monoisotopic (exact) mass is 269 g/mol. The highest BCUT2D eigenvalue weighted by molar-refractivity contribution is 8.12. The maximum absolute atomic E-state index is 14.0. The zero-order valence-electron chi connectivity index (χ0n) is 9.68. The molecule has 18 heavy (non-hydrogen) atoms. The summed E-state index contributed by atoms with van der Waals surface area (Å²) in [5, 5.41) is 0. The van der Waals surface area contributed by atoms with Gasteiger partial charge in [-0.05, 0) is 6.07 Å². The van der Waals surface area contributed by atoms with Crippen molar-refractivity contribution in [1.29, 1.82) is 0 Å². The number of rotatable bonds is 1. The SMILES string of the molecule is Fc1ccccc1[C@]12COC[C@@H](F)[C@H]1CSC=N2. The van der Waals surface area contributed by atoms with Crippen molar-refractivity contribution < 1.29 is 13.5 Å². The van der Waals surface area contributed by atoms with Gasteiger partial charge in [0.1, 0.15) is 17.5 Å². The van der Waals surface area contributed by atoms with Crippen LogP contribution in [0.2, 0.25) is 0 Å². The molecule has 0 aliphatic carbocycles. The van der Waals surface area contributed by atoms with Gasteiger partial charge in [0.15, 0.2) is 0 Å². The number of nitrogens with zero attached hydrogens (tertiary/aromatic N) is 1.